The van der Waals surface area contributed by atoms with Gasteiger partial charge in [0.1, 0.15) is 6.04 Å². The van der Waals surface area contributed by atoms with Crippen LogP contribution in [0.4, 0.5) is 0 Å². The van der Waals surface area contributed by atoms with E-state index >= 15 is 0 Å². The van der Waals surface area contributed by atoms with E-state index in [4.69, 9.17) is 0 Å². The molecule has 1 spiro atoms. The van der Waals surface area contributed by atoms with Gasteiger partial charge in [-0.15, -0.1) is 0 Å². The Hall–Kier alpha value is -2.15. The Kier molecular flexibility index (Phi) is 4.34. The lowest BCUT2D eigenvalue weighted by Crippen LogP contribution is -2.57. The van der Waals surface area contributed by atoms with Crippen molar-refractivity contribution in [3.63, 3.8) is 0 Å². The van der Waals surface area contributed by atoms with Gasteiger partial charge in [-0.2, -0.15) is 5.10 Å². The van der Waals surface area contributed by atoms with E-state index in [-0.39, 0.29) is 17.5 Å². The number of fused-ring (bicyclic) bond motifs is 2. The summed E-state index contributed by atoms with van der Waals surface area (Å²) in [6.07, 6.45) is 8.47. The molecule has 7 heteroatoms. The molecule has 0 radical (unpaired) electrons. The number of carbonyl (C=O) groups excluding carboxylic acids is 1. The first kappa shape index (κ1) is 17.3. The maximum atomic E-state index is 13.0. The molecular formula is C19H28N6O. The summed E-state index contributed by atoms with van der Waals surface area (Å²) >= 11 is 0. The monoisotopic (exact) mass is 356 g/mol. The Bertz CT molecular complexity index is 786. The number of hydrogen-bond acceptors (Lipinski definition) is 4. The first-order chi connectivity index (χ1) is 12.5. The lowest BCUT2D eigenvalue weighted by molar-refractivity contribution is -0.137. The van der Waals surface area contributed by atoms with Crippen molar-refractivity contribution in [2.24, 2.45) is 0 Å². The summed E-state index contributed by atoms with van der Waals surface area (Å²) in [6.45, 7) is 9.77. The van der Waals surface area contributed by atoms with Crippen LogP contribution in [-0.4, -0.2) is 61.6 Å². The van der Waals surface area contributed by atoms with Crippen LogP contribution in [-0.2, 0) is 16.8 Å². The van der Waals surface area contributed by atoms with Gasteiger partial charge in [-0.3, -0.25) is 14.4 Å². The number of nitrogens with one attached hydrogen (secondary N) is 1. The smallest absolute Gasteiger partial charge is 0.247 e. The highest BCUT2D eigenvalue weighted by Crippen LogP contribution is 2.42. The molecule has 4 rings (SSSR count). The summed E-state index contributed by atoms with van der Waals surface area (Å²) in [6, 6.07) is -0.257. The van der Waals surface area contributed by atoms with E-state index in [2.05, 4.69) is 26.9 Å². The van der Waals surface area contributed by atoms with Crippen LogP contribution >= 0.6 is 0 Å². The highest BCUT2D eigenvalue weighted by molar-refractivity contribution is 5.80. The van der Waals surface area contributed by atoms with Crippen molar-refractivity contribution >= 4 is 5.91 Å². The number of nitrogens with zero attached hydrogens (tertiary/aromatic N) is 5. The summed E-state index contributed by atoms with van der Waals surface area (Å²) in [5, 5.41) is 4.31. The number of likely N-dealkylation sites (N-methyl/N-ethyl adjacent to an activating group) is 1. The van der Waals surface area contributed by atoms with Crippen molar-refractivity contribution in [1.29, 1.82) is 0 Å². The maximum absolute atomic E-state index is 13.0. The first-order valence-electron chi connectivity index (χ1n) is 9.62. The SMILES string of the molecule is CCN1CCc2[nH]cnc2C12CCN(C(=O)[C@H](C)n1cc(C)cn1)CC2. The van der Waals surface area contributed by atoms with Crippen LogP contribution in [0, 0.1) is 6.92 Å². The molecule has 0 saturated carbocycles. The van der Waals surface area contributed by atoms with E-state index in [1.807, 2.05) is 31.3 Å². The Balaban J connectivity index is 1.51. The molecule has 4 heterocycles. The van der Waals surface area contributed by atoms with Gasteiger partial charge in [0.05, 0.1) is 23.8 Å². The Morgan fingerprint density at radius 2 is 2.12 bits per heavy atom. The van der Waals surface area contributed by atoms with Gasteiger partial charge < -0.3 is 9.88 Å². The molecule has 7 nitrogen and oxygen atoms in total. The lowest BCUT2D eigenvalue weighted by atomic mass is 9.78. The molecular weight excluding hydrogens is 328 g/mol. The third-order valence-corrected chi connectivity index (χ3v) is 6.16. The number of aromatic nitrogens is 4. The second-order valence-corrected chi connectivity index (χ2v) is 7.59. The summed E-state index contributed by atoms with van der Waals surface area (Å²) in [7, 11) is 0. The number of aromatic amines is 1. The van der Waals surface area contributed by atoms with E-state index < -0.39 is 0 Å². The number of amides is 1. The minimum Gasteiger partial charge on any atom is -0.348 e. The third-order valence-electron chi connectivity index (χ3n) is 6.16. The van der Waals surface area contributed by atoms with Crippen molar-refractivity contribution in [2.75, 3.05) is 26.2 Å². The third kappa shape index (κ3) is 2.65. The fourth-order valence-electron chi connectivity index (χ4n) is 4.66. The molecule has 1 atom stereocenters. The number of piperidine rings is 1. The van der Waals surface area contributed by atoms with Crippen LogP contribution in [0.15, 0.2) is 18.7 Å². The van der Waals surface area contributed by atoms with E-state index in [9.17, 15) is 4.79 Å². The van der Waals surface area contributed by atoms with Crippen LogP contribution in [0.5, 0.6) is 0 Å². The lowest BCUT2D eigenvalue weighted by Gasteiger charge is -2.50. The standard InChI is InChI=1S/C19H28N6O/c1-4-24-8-5-16-17(21-13-20-16)19(24)6-9-23(10-7-19)18(26)15(3)25-12-14(2)11-22-25/h11-13,15H,4-10H2,1-3H3,(H,20,21)/t15-/m0/s1. The van der Waals surface area contributed by atoms with E-state index in [1.54, 1.807) is 10.9 Å². The largest absolute Gasteiger partial charge is 0.348 e. The van der Waals surface area contributed by atoms with Crippen LogP contribution < -0.4 is 0 Å². The predicted octanol–water partition coefficient (Wildman–Crippen LogP) is 1.87. The van der Waals surface area contributed by atoms with Gasteiger partial charge in [-0.25, -0.2) is 4.98 Å². The van der Waals surface area contributed by atoms with Gasteiger partial charge >= 0.3 is 0 Å². The van der Waals surface area contributed by atoms with Crippen molar-refractivity contribution < 1.29 is 4.79 Å². The number of carbonyl (C=O) groups is 1. The minimum atomic E-state index is -0.257. The Morgan fingerprint density at radius 1 is 1.35 bits per heavy atom. The molecule has 1 saturated heterocycles. The molecule has 1 fully saturated rings. The molecule has 1 N–H and O–H groups in total. The maximum Gasteiger partial charge on any atom is 0.247 e. The Morgan fingerprint density at radius 3 is 2.77 bits per heavy atom. The van der Waals surface area contributed by atoms with Gasteiger partial charge in [0.2, 0.25) is 5.91 Å². The van der Waals surface area contributed by atoms with E-state index in [0.717, 1.165) is 51.0 Å². The molecule has 2 aliphatic heterocycles. The molecule has 2 aliphatic rings. The van der Waals surface area contributed by atoms with Crippen LogP contribution in [0.3, 0.4) is 0 Å². The average molecular weight is 356 g/mol. The molecule has 0 bridgehead atoms. The van der Waals surface area contributed by atoms with Crippen LogP contribution in [0.1, 0.15) is 49.7 Å². The number of H-pyrrole nitrogens is 1. The second-order valence-electron chi connectivity index (χ2n) is 7.59. The molecule has 140 valence electrons. The van der Waals surface area contributed by atoms with Gasteiger partial charge in [-0.05, 0) is 38.8 Å². The van der Waals surface area contributed by atoms with E-state index in [1.165, 1.54) is 11.4 Å². The average Bonchev–Trinajstić information content (AvgIpc) is 3.31. The number of rotatable bonds is 3. The molecule has 0 unspecified atom stereocenters. The van der Waals surface area contributed by atoms with Crippen molar-refractivity contribution in [1.82, 2.24) is 29.5 Å². The summed E-state index contributed by atoms with van der Waals surface area (Å²) < 4.78 is 1.77. The van der Waals surface area contributed by atoms with Crippen LogP contribution in [0.25, 0.3) is 0 Å². The number of hydrogen-bond donors (Lipinski definition) is 1. The molecule has 26 heavy (non-hydrogen) atoms. The highest BCUT2D eigenvalue weighted by Gasteiger charge is 2.46. The number of imidazole rings is 1. The van der Waals surface area contributed by atoms with Gasteiger partial charge in [0, 0.05) is 37.9 Å². The predicted molar refractivity (Wildman–Crippen MR) is 98.7 cm³/mol. The van der Waals surface area contributed by atoms with Crippen molar-refractivity contribution in [2.45, 2.75) is 51.6 Å². The number of likely N-dealkylation sites (tertiary alicyclic amines) is 1. The van der Waals surface area contributed by atoms with Crippen molar-refractivity contribution in [3.05, 3.63) is 35.7 Å². The molecule has 0 aliphatic carbocycles. The Labute approximate surface area is 154 Å². The topological polar surface area (TPSA) is 70.1 Å². The first-order valence-corrected chi connectivity index (χ1v) is 9.62. The summed E-state index contributed by atoms with van der Waals surface area (Å²) in [5.74, 6) is 0.157. The zero-order valence-corrected chi connectivity index (χ0v) is 15.9. The van der Waals surface area contributed by atoms with Gasteiger partial charge in [0.25, 0.3) is 0 Å². The fraction of sp³-hybridized carbons (Fsp3) is 0.632. The van der Waals surface area contributed by atoms with Gasteiger partial charge in [-0.1, -0.05) is 6.92 Å². The summed E-state index contributed by atoms with van der Waals surface area (Å²) in [4.78, 5) is 25.5. The molecule has 2 aromatic rings. The molecule has 2 aromatic heterocycles. The number of aryl methyl sites for hydroxylation is 1. The highest BCUT2D eigenvalue weighted by atomic mass is 16.2. The minimum absolute atomic E-state index is 0.0232. The van der Waals surface area contributed by atoms with E-state index in [0.29, 0.717) is 0 Å². The fourth-order valence-corrected chi connectivity index (χ4v) is 4.66. The molecule has 1 amide bonds. The zero-order chi connectivity index (χ0) is 18.3. The second kappa shape index (κ2) is 6.54. The zero-order valence-electron chi connectivity index (χ0n) is 15.9. The molecule has 0 aromatic carbocycles. The normalized spacial score (nSPS) is 21.0. The summed E-state index contributed by atoms with van der Waals surface area (Å²) in [5.41, 5.74) is 3.53. The van der Waals surface area contributed by atoms with Crippen molar-refractivity contribution in [3.8, 4) is 0 Å². The quantitative estimate of drug-likeness (QED) is 0.911. The van der Waals surface area contributed by atoms with Gasteiger partial charge in [0.15, 0.2) is 0 Å². The van der Waals surface area contributed by atoms with Crippen LogP contribution in [0.2, 0.25) is 0 Å².